The Hall–Kier alpha value is -2.53. The van der Waals surface area contributed by atoms with E-state index >= 15 is 0 Å². The third-order valence-electron chi connectivity index (χ3n) is 5.30. The number of para-hydroxylation sites is 3. The van der Waals surface area contributed by atoms with Crippen molar-refractivity contribution in [1.29, 1.82) is 0 Å². The molecule has 2 aliphatic rings. The van der Waals surface area contributed by atoms with Crippen LogP contribution in [0.3, 0.4) is 0 Å². The zero-order valence-corrected chi connectivity index (χ0v) is 15.7. The minimum absolute atomic E-state index is 0.0360. The van der Waals surface area contributed by atoms with Gasteiger partial charge in [-0.2, -0.15) is 0 Å². The zero-order chi connectivity index (χ0) is 18.6. The Morgan fingerprint density at radius 1 is 1.00 bits per heavy atom. The highest BCUT2D eigenvalue weighted by molar-refractivity contribution is 5.97. The van der Waals surface area contributed by atoms with Gasteiger partial charge in [0.05, 0.1) is 12.2 Å². The molecule has 0 saturated carbocycles. The lowest BCUT2D eigenvalue weighted by molar-refractivity contribution is 0.0745. The molecule has 1 N–H and O–H groups in total. The number of ether oxygens (including phenoxy) is 2. The Balaban J connectivity index is 1.57. The van der Waals surface area contributed by atoms with Crippen molar-refractivity contribution < 1.29 is 14.3 Å². The number of hydrogen-bond acceptors (Lipinski definition) is 4. The summed E-state index contributed by atoms with van der Waals surface area (Å²) in [6.07, 6.45) is 3.38. The topological polar surface area (TPSA) is 50.8 Å². The number of carbonyl (C=O) groups is 1. The molecule has 0 spiro atoms. The van der Waals surface area contributed by atoms with E-state index in [4.69, 9.17) is 9.47 Å². The standard InChI is InChI=1S/C22H26N2O3/c1-2-26-20-9-5-6-10-21(20)27-19-8-4-3-7-18(19)22(25)24-14-13-16-11-12-17(15-24)23-16/h3-10,16-17,23H,2,11-15H2,1H3. The van der Waals surface area contributed by atoms with Gasteiger partial charge in [-0.3, -0.25) is 4.79 Å². The Labute approximate surface area is 160 Å². The van der Waals surface area contributed by atoms with Gasteiger partial charge in [-0.15, -0.1) is 0 Å². The maximum Gasteiger partial charge on any atom is 0.257 e. The molecule has 5 nitrogen and oxygen atoms in total. The predicted molar refractivity (Wildman–Crippen MR) is 105 cm³/mol. The molecule has 2 aromatic carbocycles. The van der Waals surface area contributed by atoms with Gasteiger partial charge in [0.2, 0.25) is 0 Å². The molecule has 2 aliphatic heterocycles. The van der Waals surface area contributed by atoms with Crippen LogP contribution in [-0.4, -0.2) is 42.6 Å². The molecule has 5 heteroatoms. The number of benzene rings is 2. The molecule has 1 amide bonds. The molecular weight excluding hydrogens is 340 g/mol. The number of nitrogens with one attached hydrogen (secondary N) is 1. The Morgan fingerprint density at radius 2 is 1.70 bits per heavy atom. The van der Waals surface area contributed by atoms with Crippen LogP contribution < -0.4 is 14.8 Å². The fourth-order valence-corrected chi connectivity index (χ4v) is 3.96. The number of likely N-dealkylation sites (tertiary alicyclic amines) is 1. The second-order valence-electron chi connectivity index (χ2n) is 7.16. The highest BCUT2D eigenvalue weighted by Gasteiger charge is 2.32. The molecule has 142 valence electrons. The summed E-state index contributed by atoms with van der Waals surface area (Å²) >= 11 is 0. The van der Waals surface area contributed by atoms with Crippen LogP contribution in [0.5, 0.6) is 17.2 Å². The molecule has 0 aromatic heterocycles. The van der Waals surface area contributed by atoms with E-state index in [1.165, 1.54) is 6.42 Å². The van der Waals surface area contributed by atoms with Crippen LogP contribution in [0.2, 0.25) is 0 Å². The number of hydrogen-bond donors (Lipinski definition) is 1. The van der Waals surface area contributed by atoms with Crippen LogP contribution in [0.1, 0.15) is 36.5 Å². The number of amides is 1. The van der Waals surface area contributed by atoms with Crippen LogP contribution >= 0.6 is 0 Å². The first-order valence-corrected chi connectivity index (χ1v) is 9.78. The summed E-state index contributed by atoms with van der Waals surface area (Å²) < 4.78 is 11.8. The molecule has 2 bridgehead atoms. The molecule has 2 saturated heterocycles. The van der Waals surface area contributed by atoms with Crippen LogP contribution in [-0.2, 0) is 0 Å². The number of rotatable bonds is 5. The Kier molecular flexibility index (Phi) is 5.30. The van der Waals surface area contributed by atoms with E-state index in [0.29, 0.717) is 41.5 Å². The summed E-state index contributed by atoms with van der Waals surface area (Å²) in [6.45, 7) is 4.05. The molecule has 4 rings (SSSR count). The second-order valence-corrected chi connectivity index (χ2v) is 7.16. The van der Waals surface area contributed by atoms with Gasteiger partial charge in [0.15, 0.2) is 11.5 Å². The highest BCUT2D eigenvalue weighted by Crippen LogP contribution is 2.33. The average molecular weight is 366 g/mol. The lowest BCUT2D eigenvalue weighted by Gasteiger charge is -2.25. The van der Waals surface area contributed by atoms with Crippen molar-refractivity contribution in [2.24, 2.45) is 0 Å². The van der Waals surface area contributed by atoms with Crippen LogP contribution in [0.15, 0.2) is 48.5 Å². The van der Waals surface area contributed by atoms with Crippen LogP contribution in [0, 0.1) is 0 Å². The molecule has 2 fully saturated rings. The lowest BCUT2D eigenvalue weighted by Crippen LogP contribution is -2.39. The van der Waals surface area contributed by atoms with E-state index < -0.39 is 0 Å². The largest absolute Gasteiger partial charge is 0.490 e. The summed E-state index contributed by atoms with van der Waals surface area (Å²) in [5, 5.41) is 3.62. The molecule has 2 unspecified atom stereocenters. The minimum atomic E-state index is 0.0360. The monoisotopic (exact) mass is 366 g/mol. The number of fused-ring (bicyclic) bond motifs is 2. The zero-order valence-electron chi connectivity index (χ0n) is 15.7. The van der Waals surface area contributed by atoms with E-state index in [9.17, 15) is 4.79 Å². The molecule has 0 aliphatic carbocycles. The molecule has 2 heterocycles. The Bertz CT molecular complexity index is 808. The number of nitrogens with zero attached hydrogens (tertiary/aromatic N) is 1. The van der Waals surface area contributed by atoms with Gasteiger partial charge in [-0.05, 0) is 50.5 Å². The van der Waals surface area contributed by atoms with Crippen molar-refractivity contribution in [3.05, 3.63) is 54.1 Å². The SMILES string of the molecule is CCOc1ccccc1Oc1ccccc1C(=O)N1CCC2CCC(C1)N2. The van der Waals surface area contributed by atoms with E-state index in [-0.39, 0.29) is 5.91 Å². The van der Waals surface area contributed by atoms with Gasteiger partial charge in [-0.25, -0.2) is 0 Å². The van der Waals surface area contributed by atoms with Crippen molar-refractivity contribution in [2.45, 2.75) is 38.3 Å². The fourth-order valence-electron chi connectivity index (χ4n) is 3.96. The van der Waals surface area contributed by atoms with Crippen molar-refractivity contribution in [3.63, 3.8) is 0 Å². The van der Waals surface area contributed by atoms with E-state index in [0.717, 1.165) is 25.9 Å². The van der Waals surface area contributed by atoms with Gasteiger partial charge in [0.25, 0.3) is 5.91 Å². The van der Waals surface area contributed by atoms with Gasteiger partial charge in [-0.1, -0.05) is 24.3 Å². The van der Waals surface area contributed by atoms with Gasteiger partial charge < -0.3 is 19.7 Å². The second kappa shape index (κ2) is 8.01. The molecule has 27 heavy (non-hydrogen) atoms. The summed E-state index contributed by atoms with van der Waals surface area (Å²) in [5.41, 5.74) is 0.599. The average Bonchev–Trinajstić information content (AvgIpc) is 3.02. The summed E-state index contributed by atoms with van der Waals surface area (Å²) in [7, 11) is 0. The molecule has 0 radical (unpaired) electrons. The molecular formula is C22H26N2O3. The van der Waals surface area contributed by atoms with Crippen molar-refractivity contribution in [1.82, 2.24) is 10.2 Å². The maximum atomic E-state index is 13.2. The summed E-state index contributed by atoms with van der Waals surface area (Å²) in [4.78, 5) is 15.2. The van der Waals surface area contributed by atoms with Crippen molar-refractivity contribution in [2.75, 3.05) is 19.7 Å². The summed E-state index contributed by atoms with van der Waals surface area (Å²) in [6, 6.07) is 16.0. The quantitative estimate of drug-likeness (QED) is 0.873. The van der Waals surface area contributed by atoms with Crippen LogP contribution in [0.4, 0.5) is 0 Å². The first kappa shape index (κ1) is 17.9. The first-order chi connectivity index (χ1) is 13.2. The normalized spacial score (nSPS) is 21.6. The highest BCUT2D eigenvalue weighted by atomic mass is 16.5. The Morgan fingerprint density at radius 3 is 2.52 bits per heavy atom. The maximum absolute atomic E-state index is 13.2. The minimum Gasteiger partial charge on any atom is -0.490 e. The first-order valence-electron chi connectivity index (χ1n) is 9.78. The third-order valence-corrected chi connectivity index (χ3v) is 5.30. The molecule has 2 atom stereocenters. The van der Waals surface area contributed by atoms with Gasteiger partial charge >= 0.3 is 0 Å². The smallest absolute Gasteiger partial charge is 0.257 e. The van der Waals surface area contributed by atoms with Crippen molar-refractivity contribution in [3.8, 4) is 17.2 Å². The molecule has 2 aromatic rings. The lowest BCUT2D eigenvalue weighted by atomic mass is 10.1. The number of carbonyl (C=O) groups excluding carboxylic acids is 1. The van der Waals surface area contributed by atoms with Gasteiger partial charge in [0, 0.05) is 25.2 Å². The summed E-state index contributed by atoms with van der Waals surface area (Å²) in [5.74, 6) is 1.90. The van der Waals surface area contributed by atoms with Crippen LogP contribution in [0.25, 0.3) is 0 Å². The van der Waals surface area contributed by atoms with E-state index in [1.54, 1.807) is 0 Å². The van der Waals surface area contributed by atoms with E-state index in [1.807, 2.05) is 60.4 Å². The van der Waals surface area contributed by atoms with Crippen molar-refractivity contribution >= 4 is 5.91 Å². The fraction of sp³-hybridized carbons (Fsp3) is 0.409. The predicted octanol–water partition coefficient (Wildman–Crippen LogP) is 3.84. The third kappa shape index (κ3) is 3.93. The van der Waals surface area contributed by atoms with E-state index in [2.05, 4.69) is 5.32 Å². The van der Waals surface area contributed by atoms with Gasteiger partial charge in [0.1, 0.15) is 5.75 Å².